The lowest BCUT2D eigenvalue weighted by Crippen LogP contribution is -2.10. The van der Waals surface area contributed by atoms with Crippen LogP contribution in [0.2, 0.25) is 0 Å². The maximum Gasteiger partial charge on any atom is 0.317 e. The summed E-state index contributed by atoms with van der Waals surface area (Å²) in [6.45, 7) is 0. The Morgan fingerprint density at radius 3 is 2.56 bits per heavy atom. The van der Waals surface area contributed by atoms with Gasteiger partial charge in [0.2, 0.25) is 5.76 Å². The smallest absolute Gasteiger partial charge is 0.317 e. The molecule has 0 aliphatic carbocycles. The summed E-state index contributed by atoms with van der Waals surface area (Å²) in [5.41, 5.74) is 5.65. The summed E-state index contributed by atoms with van der Waals surface area (Å²) < 4.78 is 4.78. The van der Waals surface area contributed by atoms with E-state index in [9.17, 15) is 9.59 Å². The van der Waals surface area contributed by atoms with Crippen LogP contribution in [0.15, 0.2) is 47.2 Å². The minimum Gasteiger partial charge on any atom is -0.420 e. The van der Waals surface area contributed by atoms with Gasteiger partial charge in [0, 0.05) is 11.6 Å². The standard InChI is InChI=1S/C11H8N2O3/c12-11-13-10(15)9(16-11)6-8(14)7-4-2-1-3-5-7/h1-6H,(H2,12,13,15). The molecule has 16 heavy (non-hydrogen) atoms. The van der Waals surface area contributed by atoms with Crippen molar-refractivity contribution in [1.82, 2.24) is 0 Å². The highest BCUT2D eigenvalue weighted by Crippen LogP contribution is 2.10. The van der Waals surface area contributed by atoms with E-state index in [1.165, 1.54) is 0 Å². The number of rotatable bonds is 2. The average molecular weight is 216 g/mol. The largest absolute Gasteiger partial charge is 0.420 e. The summed E-state index contributed by atoms with van der Waals surface area (Å²) in [6.07, 6.45) is 1.08. The Morgan fingerprint density at radius 2 is 2.00 bits per heavy atom. The van der Waals surface area contributed by atoms with E-state index in [2.05, 4.69) is 4.99 Å². The number of amides is 1. The number of hydrogen-bond donors (Lipinski definition) is 1. The summed E-state index contributed by atoms with van der Waals surface area (Å²) in [5, 5.41) is 0. The Hall–Kier alpha value is -2.43. The molecule has 0 saturated carbocycles. The maximum atomic E-state index is 11.7. The zero-order valence-corrected chi connectivity index (χ0v) is 8.21. The number of amidine groups is 1. The van der Waals surface area contributed by atoms with Gasteiger partial charge in [0.1, 0.15) is 0 Å². The molecule has 1 aliphatic heterocycles. The maximum absolute atomic E-state index is 11.7. The van der Waals surface area contributed by atoms with Crippen molar-refractivity contribution < 1.29 is 14.3 Å². The zero-order chi connectivity index (χ0) is 11.5. The average Bonchev–Trinajstić information content (AvgIpc) is 2.59. The van der Waals surface area contributed by atoms with Gasteiger partial charge in [-0.3, -0.25) is 9.59 Å². The van der Waals surface area contributed by atoms with Crippen LogP contribution in [0.4, 0.5) is 0 Å². The molecular weight excluding hydrogens is 208 g/mol. The van der Waals surface area contributed by atoms with Gasteiger partial charge < -0.3 is 10.5 Å². The molecule has 1 aromatic rings. The molecule has 1 heterocycles. The predicted molar refractivity (Wildman–Crippen MR) is 56.6 cm³/mol. The molecule has 5 heteroatoms. The van der Waals surface area contributed by atoms with Crippen molar-refractivity contribution in [3.05, 3.63) is 47.7 Å². The number of benzene rings is 1. The molecule has 0 saturated heterocycles. The topological polar surface area (TPSA) is 81.8 Å². The van der Waals surface area contributed by atoms with Gasteiger partial charge in [-0.1, -0.05) is 30.3 Å². The lowest BCUT2D eigenvalue weighted by atomic mass is 10.1. The SMILES string of the molecule is NC1=NC(=O)C(=CC(=O)c2ccccc2)O1. The molecule has 0 spiro atoms. The van der Waals surface area contributed by atoms with E-state index in [4.69, 9.17) is 10.5 Å². The molecule has 5 nitrogen and oxygen atoms in total. The van der Waals surface area contributed by atoms with E-state index < -0.39 is 5.91 Å². The Labute approximate surface area is 91.2 Å². The third-order valence-electron chi connectivity index (χ3n) is 1.96. The summed E-state index contributed by atoms with van der Waals surface area (Å²) >= 11 is 0. The van der Waals surface area contributed by atoms with Crippen LogP contribution >= 0.6 is 0 Å². The number of carbonyl (C=O) groups excluding carboxylic acids is 2. The molecule has 2 N–H and O–H groups in total. The van der Waals surface area contributed by atoms with Gasteiger partial charge in [0.05, 0.1) is 0 Å². The minimum atomic E-state index is -0.637. The van der Waals surface area contributed by atoms with Crippen molar-refractivity contribution in [2.45, 2.75) is 0 Å². The van der Waals surface area contributed by atoms with Crippen molar-refractivity contribution in [3.8, 4) is 0 Å². The van der Waals surface area contributed by atoms with Gasteiger partial charge in [-0.05, 0) is 0 Å². The molecule has 0 atom stereocenters. The van der Waals surface area contributed by atoms with Crippen LogP contribution in [0.3, 0.4) is 0 Å². The first-order valence-electron chi connectivity index (χ1n) is 4.54. The monoisotopic (exact) mass is 216 g/mol. The van der Waals surface area contributed by atoms with Crippen LogP contribution in [0.25, 0.3) is 0 Å². The highest BCUT2D eigenvalue weighted by molar-refractivity contribution is 6.12. The predicted octanol–water partition coefficient (Wildman–Crippen LogP) is 0.625. The van der Waals surface area contributed by atoms with Crippen LogP contribution in [-0.2, 0) is 9.53 Å². The fraction of sp³-hybridized carbons (Fsp3) is 0. The van der Waals surface area contributed by atoms with E-state index in [1.54, 1.807) is 30.3 Å². The molecule has 0 aromatic heterocycles. The van der Waals surface area contributed by atoms with E-state index in [0.29, 0.717) is 5.56 Å². The van der Waals surface area contributed by atoms with Gasteiger partial charge in [0.15, 0.2) is 5.78 Å². The lowest BCUT2D eigenvalue weighted by Gasteiger charge is -1.96. The van der Waals surface area contributed by atoms with Crippen molar-refractivity contribution in [3.63, 3.8) is 0 Å². The number of ketones is 1. The van der Waals surface area contributed by atoms with Crippen LogP contribution < -0.4 is 5.73 Å². The minimum absolute atomic E-state index is 0.147. The molecule has 1 aromatic carbocycles. The normalized spacial score (nSPS) is 17.1. The van der Waals surface area contributed by atoms with Crippen LogP contribution in [-0.4, -0.2) is 17.7 Å². The van der Waals surface area contributed by atoms with Crippen molar-refractivity contribution in [2.75, 3.05) is 0 Å². The fourth-order valence-electron chi connectivity index (χ4n) is 1.23. The van der Waals surface area contributed by atoms with Crippen molar-refractivity contribution in [2.24, 2.45) is 10.7 Å². The van der Waals surface area contributed by atoms with Crippen LogP contribution in [0.5, 0.6) is 0 Å². The molecule has 0 radical (unpaired) electrons. The highest BCUT2D eigenvalue weighted by atomic mass is 16.5. The summed E-state index contributed by atoms with van der Waals surface area (Å²) in [5.74, 6) is -1.11. The molecule has 0 bridgehead atoms. The van der Waals surface area contributed by atoms with E-state index in [-0.39, 0.29) is 17.6 Å². The number of nitrogens with zero attached hydrogens (tertiary/aromatic N) is 1. The Morgan fingerprint density at radius 1 is 1.31 bits per heavy atom. The van der Waals surface area contributed by atoms with Crippen molar-refractivity contribution >= 4 is 17.7 Å². The van der Waals surface area contributed by atoms with Gasteiger partial charge in [-0.2, -0.15) is 4.99 Å². The second-order valence-corrected chi connectivity index (χ2v) is 3.10. The molecule has 1 aliphatic rings. The van der Waals surface area contributed by atoms with Gasteiger partial charge in [-0.15, -0.1) is 0 Å². The van der Waals surface area contributed by atoms with Crippen LogP contribution in [0, 0.1) is 0 Å². The third kappa shape index (κ3) is 1.98. The van der Waals surface area contributed by atoms with E-state index in [0.717, 1.165) is 6.08 Å². The summed E-state index contributed by atoms with van der Waals surface area (Å²) in [4.78, 5) is 26.1. The highest BCUT2D eigenvalue weighted by Gasteiger charge is 2.21. The summed E-state index contributed by atoms with van der Waals surface area (Å²) in [6, 6.07) is 8.30. The van der Waals surface area contributed by atoms with Gasteiger partial charge >= 0.3 is 5.91 Å². The Bertz CT molecular complexity index is 503. The van der Waals surface area contributed by atoms with E-state index in [1.807, 2.05) is 0 Å². The molecule has 80 valence electrons. The molecular formula is C11H8N2O3. The number of carbonyl (C=O) groups is 2. The van der Waals surface area contributed by atoms with E-state index >= 15 is 0 Å². The number of ether oxygens (including phenoxy) is 1. The molecule has 2 rings (SSSR count). The molecule has 1 amide bonds. The Kier molecular flexibility index (Phi) is 2.51. The number of nitrogens with two attached hydrogens (primary N) is 1. The van der Waals surface area contributed by atoms with Crippen LogP contribution in [0.1, 0.15) is 10.4 Å². The second kappa shape index (κ2) is 3.98. The summed E-state index contributed by atoms with van der Waals surface area (Å²) in [7, 11) is 0. The first kappa shape index (κ1) is 10.1. The quantitative estimate of drug-likeness (QED) is 0.580. The number of allylic oxidation sites excluding steroid dienone is 1. The number of hydrogen-bond acceptors (Lipinski definition) is 4. The first-order valence-corrected chi connectivity index (χ1v) is 4.54. The zero-order valence-electron chi connectivity index (χ0n) is 8.21. The Balaban J connectivity index is 2.21. The molecule has 0 fully saturated rings. The third-order valence-corrected chi connectivity index (χ3v) is 1.96. The number of aliphatic imine (C=N–C) groups is 1. The fourth-order valence-corrected chi connectivity index (χ4v) is 1.23. The van der Waals surface area contributed by atoms with Crippen molar-refractivity contribution in [1.29, 1.82) is 0 Å². The van der Waals surface area contributed by atoms with Gasteiger partial charge in [0.25, 0.3) is 6.02 Å². The second-order valence-electron chi connectivity index (χ2n) is 3.10. The lowest BCUT2D eigenvalue weighted by molar-refractivity contribution is -0.115. The molecule has 0 unspecified atom stereocenters. The first-order chi connectivity index (χ1) is 7.66. The van der Waals surface area contributed by atoms with Gasteiger partial charge in [-0.25, -0.2) is 0 Å².